The van der Waals surface area contributed by atoms with Gasteiger partial charge in [-0.15, -0.1) is 0 Å². The summed E-state index contributed by atoms with van der Waals surface area (Å²) in [6.07, 6.45) is 4.17. The maximum absolute atomic E-state index is 13.5. The highest BCUT2D eigenvalue weighted by molar-refractivity contribution is 6.00. The van der Waals surface area contributed by atoms with Crippen molar-refractivity contribution < 1.29 is 43.3 Å². The number of para-hydroxylation sites is 1. The third-order valence-corrected chi connectivity index (χ3v) is 8.94. The van der Waals surface area contributed by atoms with Crippen molar-refractivity contribution in [1.82, 2.24) is 30.3 Å². The maximum Gasteiger partial charge on any atom is 0.409 e. The molecule has 15 nitrogen and oxygen atoms in total. The Balaban J connectivity index is 1.26. The van der Waals surface area contributed by atoms with Crippen LogP contribution in [0, 0.1) is 0 Å². The van der Waals surface area contributed by atoms with E-state index in [4.69, 9.17) is 9.47 Å². The molecule has 0 radical (unpaired) electrons. The summed E-state index contributed by atoms with van der Waals surface area (Å²) >= 11 is 0. The molecule has 48 heavy (non-hydrogen) atoms. The molecule has 1 saturated carbocycles. The number of carboxylic acids is 1. The zero-order chi connectivity index (χ0) is 34.2. The highest BCUT2D eigenvalue weighted by Gasteiger charge is 2.36. The molecule has 0 spiro atoms. The van der Waals surface area contributed by atoms with E-state index in [1.807, 2.05) is 0 Å². The fourth-order valence-corrected chi connectivity index (χ4v) is 6.46. The molecule has 0 unspecified atom stereocenters. The molecule has 1 aromatic carbocycles. The number of benzene rings is 1. The molecule has 5 amide bonds. The Morgan fingerprint density at radius 1 is 0.958 bits per heavy atom. The van der Waals surface area contributed by atoms with E-state index in [1.54, 1.807) is 31.2 Å². The molecule has 1 aromatic heterocycles. The number of fused-ring (bicyclic) bond motifs is 1. The molecule has 258 valence electrons. The Bertz CT molecular complexity index is 1540. The first-order valence-electron chi connectivity index (χ1n) is 16.5. The van der Waals surface area contributed by atoms with E-state index >= 15 is 0 Å². The number of aliphatic carboxylic acids is 1. The molecule has 3 aliphatic rings. The lowest BCUT2D eigenvalue weighted by molar-refractivity contribution is -0.143. The van der Waals surface area contributed by atoms with Crippen molar-refractivity contribution in [2.45, 2.75) is 70.0 Å². The first-order chi connectivity index (χ1) is 23.1. The number of nitrogens with one attached hydrogen (secondary N) is 2. The lowest BCUT2D eigenvalue weighted by atomic mass is 10.1. The topological polar surface area (TPSA) is 188 Å². The Kier molecular flexibility index (Phi) is 11.3. The second kappa shape index (κ2) is 15.8. The molecule has 2 aromatic rings. The van der Waals surface area contributed by atoms with E-state index in [9.17, 15) is 33.9 Å². The molecule has 1 aliphatic carbocycles. The van der Waals surface area contributed by atoms with Gasteiger partial charge < -0.3 is 39.9 Å². The molecule has 5 rings (SSSR count). The third-order valence-electron chi connectivity index (χ3n) is 8.94. The van der Waals surface area contributed by atoms with Crippen molar-refractivity contribution in [3.8, 4) is 5.75 Å². The first kappa shape index (κ1) is 34.4. The minimum Gasteiger partial charge on any atom is -0.483 e. The smallest absolute Gasteiger partial charge is 0.409 e. The molecule has 2 aliphatic heterocycles. The van der Waals surface area contributed by atoms with Crippen LogP contribution < -0.4 is 15.4 Å². The Morgan fingerprint density at radius 2 is 1.67 bits per heavy atom. The summed E-state index contributed by atoms with van der Waals surface area (Å²) < 4.78 is 11.0. The summed E-state index contributed by atoms with van der Waals surface area (Å²) in [5.74, 6) is -3.00. The van der Waals surface area contributed by atoms with E-state index in [-0.39, 0.29) is 68.7 Å². The number of piperazine rings is 1. The number of carbonyl (C=O) groups excluding carboxylic acids is 5. The molecular formula is C33H42N6O9. The van der Waals surface area contributed by atoms with Crippen LogP contribution in [0.4, 0.5) is 4.79 Å². The summed E-state index contributed by atoms with van der Waals surface area (Å²) in [7, 11) is 0. The number of ether oxygens (including phenoxy) is 2. The van der Waals surface area contributed by atoms with Crippen molar-refractivity contribution in [2.75, 3.05) is 45.9 Å². The SMILES string of the molecule is CCOC(=O)N1CCN(C(=O)[C@H](CC(=O)O)NC(=O)c2cc(OCC(=O)N3CCC[C@H]3C(=O)NC3CCCC3)c3ccccc3n2)CC1. The molecule has 3 heterocycles. The second-order valence-corrected chi connectivity index (χ2v) is 12.2. The van der Waals surface area contributed by atoms with Crippen LogP contribution in [-0.4, -0.2) is 125 Å². The highest BCUT2D eigenvalue weighted by atomic mass is 16.6. The number of carbonyl (C=O) groups is 6. The average Bonchev–Trinajstić information content (AvgIpc) is 3.79. The van der Waals surface area contributed by atoms with Gasteiger partial charge in [0.2, 0.25) is 11.8 Å². The van der Waals surface area contributed by atoms with Gasteiger partial charge in [-0.25, -0.2) is 9.78 Å². The fraction of sp³-hybridized carbons (Fsp3) is 0.545. The predicted octanol–water partition coefficient (Wildman–Crippen LogP) is 1.54. The molecule has 15 heteroatoms. The largest absolute Gasteiger partial charge is 0.483 e. The van der Waals surface area contributed by atoms with Gasteiger partial charge in [0.15, 0.2) is 6.61 Å². The molecular weight excluding hydrogens is 624 g/mol. The van der Waals surface area contributed by atoms with Crippen LogP contribution in [-0.2, 0) is 23.9 Å². The number of likely N-dealkylation sites (tertiary alicyclic amines) is 1. The van der Waals surface area contributed by atoms with Crippen LogP contribution >= 0.6 is 0 Å². The van der Waals surface area contributed by atoms with Crippen LogP contribution in [0.5, 0.6) is 5.75 Å². The Hall–Kier alpha value is -4.95. The van der Waals surface area contributed by atoms with E-state index in [2.05, 4.69) is 15.6 Å². The van der Waals surface area contributed by atoms with Crippen LogP contribution in [0.3, 0.4) is 0 Å². The summed E-state index contributed by atoms with van der Waals surface area (Å²) in [6.45, 7) is 2.66. The van der Waals surface area contributed by atoms with Gasteiger partial charge in [0.25, 0.3) is 11.8 Å². The summed E-state index contributed by atoms with van der Waals surface area (Å²) in [6, 6.07) is 6.39. The number of aromatic nitrogens is 1. The summed E-state index contributed by atoms with van der Waals surface area (Å²) in [5, 5.41) is 15.7. The van der Waals surface area contributed by atoms with Gasteiger partial charge in [-0.2, -0.15) is 0 Å². The molecule has 0 bridgehead atoms. The lowest BCUT2D eigenvalue weighted by Crippen LogP contribution is -2.56. The summed E-state index contributed by atoms with van der Waals surface area (Å²) in [5.41, 5.74) is 0.250. The number of hydrogen-bond acceptors (Lipinski definition) is 9. The van der Waals surface area contributed by atoms with Gasteiger partial charge in [0.1, 0.15) is 23.5 Å². The van der Waals surface area contributed by atoms with Gasteiger partial charge in [-0.1, -0.05) is 25.0 Å². The zero-order valence-corrected chi connectivity index (χ0v) is 27.0. The van der Waals surface area contributed by atoms with Gasteiger partial charge in [-0.05, 0) is 44.7 Å². The minimum atomic E-state index is -1.40. The van der Waals surface area contributed by atoms with Crippen molar-refractivity contribution in [1.29, 1.82) is 0 Å². The van der Waals surface area contributed by atoms with Gasteiger partial charge in [-0.3, -0.25) is 24.0 Å². The maximum atomic E-state index is 13.5. The summed E-state index contributed by atoms with van der Waals surface area (Å²) in [4.78, 5) is 85.6. The van der Waals surface area contributed by atoms with Gasteiger partial charge >= 0.3 is 12.1 Å². The van der Waals surface area contributed by atoms with Gasteiger partial charge in [0.05, 0.1) is 18.5 Å². The number of pyridine rings is 1. The molecule has 3 N–H and O–H groups in total. The number of amides is 5. The predicted molar refractivity (Wildman–Crippen MR) is 171 cm³/mol. The van der Waals surface area contributed by atoms with Crippen LogP contribution in [0.15, 0.2) is 30.3 Å². The van der Waals surface area contributed by atoms with E-state index < -0.39 is 42.4 Å². The normalized spacial score (nSPS) is 18.8. The second-order valence-electron chi connectivity index (χ2n) is 12.2. The van der Waals surface area contributed by atoms with Crippen LogP contribution in [0.25, 0.3) is 10.9 Å². The molecule has 3 fully saturated rings. The van der Waals surface area contributed by atoms with E-state index in [0.717, 1.165) is 25.7 Å². The van der Waals surface area contributed by atoms with Crippen molar-refractivity contribution in [3.63, 3.8) is 0 Å². The number of hydrogen-bond donors (Lipinski definition) is 3. The highest BCUT2D eigenvalue weighted by Crippen LogP contribution is 2.27. The quantitative estimate of drug-likeness (QED) is 0.318. The fourth-order valence-electron chi connectivity index (χ4n) is 6.46. The Labute approximate surface area is 277 Å². The standard InChI is InChI=1S/C33H42N6O9/c1-2-47-33(46)38-16-14-37(15-17-38)32(45)25(19-29(41)42)36-30(43)24-18-27(22-10-5-6-11-23(22)35-24)48-20-28(40)39-13-7-12-26(39)31(44)34-21-8-3-4-9-21/h5-6,10-11,18,21,25-26H,2-4,7-9,12-17,19-20H2,1H3,(H,34,44)(H,36,43)(H,41,42)/t25-,26-/m0/s1. The zero-order valence-electron chi connectivity index (χ0n) is 27.0. The average molecular weight is 667 g/mol. The Morgan fingerprint density at radius 3 is 2.38 bits per heavy atom. The van der Waals surface area contributed by atoms with E-state index in [0.29, 0.717) is 30.3 Å². The van der Waals surface area contributed by atoms with Crippen LogP contribution in [0.1, 0.15) is 62.4 Å². The lowest BCUT2D eigenvalue weighted by Gasteiger charge is -2.35. The number of nitrogens with zero attached hydrogens (tertiary/aromatic N) is 4. The van der Waals surface area contributed by atoms with Crippen molar-refractivity contribution in [3.05, 3.63) is 36.0 Å². The van der Waals surface area contributed by atoms with Gasteiger partial charge in [0, 0.05) is 50.2 Å². The number of carboxylic acid groups (broad SMARTS) is 1. The third kappa shape index (κ3) is 8.30. The van der Waals surface area contributed by atoms with E-state index in [1.165, 1.54) is 20.8 Å². The monoisotopic (exact) mass is 666 g/mol. The van der Waals surface area contributed by atoms with Crippen molar-refractivity contribution >= 4 is 46.6 Å². The van der Waals surface area contributed by atoms with Crippen molar-refractivity contribution in [2.24, 2.45) is 0 Å². The minimum absolute atomic E-state index is 0.138. The molecule has 2 atom stereocenters. The number of rotatable bonds is 11. The first-order valence-corrected chi connectivity index (χ1v) is 16.5. The molecule has 2 saturated heterocycles. The van der Waals surface area contributed by atoms with Crippen LogP contribution in [0.2, 0.25) is 0 Å².